The molecule has 0 fully saturated rings. The average Bonchev–Trinajstić information content (AvgIpc) is 2.55. The monoisotopic (exact) mass is 318 g/mol. The van der Waals surface area contributed by atoms with Crippen LogP contribution < -0.4 is 10.1 Å². The molecule has 22 heavy (non-hydrogen) atoms. The van der Waals surface area contributed by atoms with E-state index in [9.17, 15) is 14.9 Å². The summed E-state index contributed by atoms with van der Waals surface area (Å²) in [5, 5.41) is 13.4. The number of non-ortho nitro benzene ring substituents is 1. The molecule has 0 heterocycles. The fourth-order valence-corrected chi connectivity index (χ4v) is 2.24. The van der Waals surface area contributed by atoms with Crippen molar-refractivity contribution in [1.29, 1.82) is 0 Å². The largest absolute Gasteiger partial charge is 0.494 e. The number of rotatable bonds is 5. The molecule has 0 bridgehead atoms. The number of carbonyl (C=O) groups is 1. The van der Waals surface area contributed by atoms with Gasteiger partial charge in [0, 0.05) is 16.5 Å². The summed E-state index contributed by atoms with van der Waals surface area (Å²) in [6.45, 7) is 0. The highest BCUT2D eigenvalue weighted by atomic mass is 32.2. The van der Waals surface area contributed by atoms with E-state index in [0.717, 1.165) is 4.90 Å². The first kappa shape index (κ1) is 15.8. The van der Waals surface area contributed by atoms with E-state index < -0.39 is 4.92 Å². The Labute approximate surface area is 131 Å². The van der Waals surface area contributed by atoms with Crippen molar-refractivity contribution >= 4 is 29.0 Å². The maximum absolute atomic E-state index is 12.2. The minimum absolute atomic E-state index is 0.0980. The molecule has 0 radical (unpaired) electrons. The van der Waals surface area contributed by atoms with Crippen molar-refractivity contribution < 1.29 is 14.5 Å². The molecular formula is C15H14N2O4S. The van der Waals surface area contributed by atoms with Gasteiger partial charge in [-0.2, -0.15) is 0 Å². The number of ether oxygens (including phenoxy) is 1. The van der Waals surface area contributed by atoms with Gasteiger partial charge in [-0.15, -0.1) is 11.8 Å². The topological polar surface area (TPSA) is 81.5 Å². The summed E-state index contributed by atoms with van der Waals surface area (Å²) in [4.78, 5) is 23.5. The SMILES string of the molecule is COc1cc([N+](=O)[O-])ccc1NC(=O)c1ccc(SC)cc1. The number of amides is 1. The highest BCUT2D eigenvalue weighted by Crippen LogP contribution is 2.29. The molecule has 0 spiro atoms. The molecule has 7 heteroatoms. The minimum Gasteiger partial charge on any atom is -0.494 e. The van der Waals surface area contributed by atoms with E-state index in [1.54, 1.807) is 23.9 Å². The second kappa shape index (κ2) is 6.95. The number of thioether (sulfide) groups is 1. The Morgan fingerprint density at radius 3 is 2.45 bits per heavy atom. The number of hydrogen-bond acceptors (Lipinski definition) is 5. The molecule has 2 aromatic carbocycles. The Bertz CT molecular complexity index is 701. The van der Waals surface area contributed by atoms with Crippen LogP contribution in [0, 0.1) is 10.1 Å². The van der Waals surface area contributed by atoms with Gasteiger partial charge in [-0.3, -0.25) is 14.9 Å². The summed E-state index contributed by atoms with van der Waals surface area (Å²) in [6, 6.07) is 11.2. The van der Waals surface area contributed by atoms with E-state index in [2.05, 4.69) is 5.32 Å². The van der Waals surface area contributed by atoms with Crippen molar-refractivity contribution in [2.24, 2.45) is 0 Å². The number of hydrogen-bond donors (Lipinski definition) is 1. The standard InChI is InChI=1S/C15H14N2O4S/c1-21-14-9-11(17(19)20)5-8-13(14)16-15(18)10-3-6-12(22-2)7-4-10/h3-9H,1-2H3,(H,16,18). The summed E-state index contributed by atoms with van der Waals surface area (Å²) >= 11 is 1.59. The molecule has 0 unspecified atom stereocenters. The molecule has 0 saturated carbocycles. The van der Waals surface area contributed by atoms with Crippen molar-refractivity contribution in [3.8, 4) is 5.75 Å². The molecule has 1 amide bonds. The predicted molar refractivity (Wildman–Crippen MR) is 85.8 cm³/mol. The maximum atomic E-state index is 12.2. The van der Waals surface area contributed by atoms with Gasteiger partial charge in [-0.1, -0.05) is 0 Å². The Hall–Kier alpha value is -2.54. The Morgan fingerprint density at radius 2 is 1.91 bits per heavy atom. The first-order chi connectivity index (χ1) is 10.5. The van der Waals surface area contributed by atoms with Gasteiger partial charge >= 0.3 is 0 Å². The van der Waals surface area contributed by atoms with Gasteiger partial charge in [0.25, 0.3) is 11.6 Å². The molecule has 0 aliphatic rings. The van der Waals surface area contributed by atoms with Gasteiger partial charge in [0.05, 0.1) is 23.8 Å². The van der Waals surface area contributed by atoms with E-state index in [0.29, 0.717) is 11.3 Å². The number of nitrogens with one attached hydrogen (secondary N) is 1. The predicted octanol–water partition coefficient (Wildman–Crippen LogP) is 3.58. The molecule has 0 aliphatic heterocycles. The number of methoxy groups -OCH3 is 1. The Morgan fingerprint density at radius 1 is 1.23 bits per heavy atom. The summed E-state index contributed by atoms with van der Waals surface area (Å²) in [7, 11) is 1.39. The third-order valence-electron chi connectivity index (χ3n) is 3.00. The van der Waals surface area contributed by atoms with Crippen molar-refractivity contribution in [2.75, 3.05) is 18.7 Å². The number of carbonyl (C=O) groups excluding carboxylic acids is 1. The van der Waals surface area contributed by atoms with Crippen LogP contribution in [0.5, 0.6) is 5.75 Å². The number of anilines is 1. The van der Waals surface area contributed by atoms with Crippen LogP contribution >= 0.6 is 11.8 Å². The van der Waals surface area contributed by atoms with Gasteiger partial charge in [0.2, 0.25) is 0 Å². The highest BCUT2D eigenvalue weighted by molar-refractivity contribution is 7.98. The highest BCUT2D eigenvalue weighted by Gasteiger charge is 2.14. The molecule has 0 aromatic heterocycles. The maximum Gasteiger partial charge on any atom is 0.273 e. The zero-order valence-corrected chi connectivity index (χ0v) is 12.8. The van der Waals surface area contributed by atoms with Crippen molar-refractivity contribution in [1.82, 2.24) is 0 Å². The number of nitro groups is 1. The molecule has 2 aromatic rings. The van der Waals surface area contributed by atoms with Gasteiger partial charge in [0.1, 0.15) is 5.75 Å². The molecule has 0 atom stereocenters. The van der Waals surface area contributed by atoms with Crippen molar-refractivity contribution in [3.05, 3.63) is 58.1 Å². The van der Waals surface area contributed by atoms with Crippen LogP contribution in [0.15, 0.2) is 47.4 Å². The van der Waals surface area contributed by atoms with Crippen LogP contribution in [-0.2, 0) is 0 Å². The van der Waals surface area contributed by atoms with E-state index >= 15 is 0 Å². The number of nitro benzene ring substituents is 1. The van der Waals surface area contributed by atoms with Crippen LogP contribution in [0.1, 0.15) is 10.4 Å². The third-order valence-corrected chi connectivity index (χ3v) is 3.74. The lowest BCUT2D eigenvalue weighted by Crippen LogP contribution is -2.12. The fourth-order valence-electron chi connectivity index (χ4n) is 1.83. The lowest BCUT2D eigenvalue weighted by molar-refractivity contribution is -0.384. The summed E-state index contributed by atoms with van der Waals surface area (Å²) in [5.74, 6) is -0.0666. The average molecular weight is 318 g/mol. The van der Waals surface area contributed by atoms with Gasteiger partial charge in [0.15, 0.2) is 0 Å². The third kappa shape index (κ3) is 3.56. The van der Waals surface area contributed by atoms with Gasteiger partial charge < -0.3 is 10.1 Å². The van der Waals surface area contributed by atoms with Crippen molar-refractivity contribution in [2.45, 2.75) is 4.90 Å². The number of benzene rings is 2. The van der Waals surface area contributed by atoms with E-state index in [-0.39, 0.29) is 17.3 Å². The van der Waals surface area contributed by atoms with E-state index in [1.165, 1.54) is 25.3 Å². The molecule has 1 N–H and O–H groups in total. The van der Waals surface area contributed by atoms with E-state index in [1.807, 2.05) is 18.4 Å². The second-order valence-corrected chi connectivity index (χ2v) is 5.20. The lowest BCUT2D eigenvalue weighted by atomic mass is 10.2. The molecule has 2 rings (SSSR count). The Balaban J connectivity index is 2.21. The lowest BCUT2D eigenvalue weighted by Gasteiger charge is -2.10. The molecule has 114 valence electrons. The molecule has 6 nitrogen and oxygen atoms in total. The van der Waals surface area contributed by atoms with Gasteiger partial charge in [-0.05, 0) is 36.6 Å². The minimum atomic E-state index is -0.519. The van der Waals surface area contributed by atoms with Crippen LogP contribution in [0.2, 0.25) is 0 Å². The molecular weight excluding hydrogens is 304 g/mol. The normalized spacial score (nSPS) is 10.1. The smallest absolute Gasteiger partial charge is 0.273 e. The van der Waals surface area contributed by atoms with Crippen LogP contribution in [0.4, 0.5) is 11.4 Å². The van der Waals surface area contributed by atoms with E-state index in [4.69, 9.17) is 4.74 Å². The molecule has 0 saturated heterocycles. The summed E-state index contributed by atoms with van der Waals surface area (Å²) in [6.07, 6.45) is 1.96. The zero-order chi connectivity index (χ0) is 16.1. The fraction of sp³-hybridized carbons (Fsp3) is 0.133. The first-order valence-electron chi connectivity index (χ1n) is 6.33. The second-order valence-electron chi connectivity index (χ2n) is 4.32. The van der Waals surface area contributed by atoms with Crippen LogP contribution in [0.3, 0.4) is 0 Å². The van der Waals surface area contributed by atoms with Crippen LogP contribution in [-0.4, -0.2) is 24.2 Å². The summed E-state index contributed by atoms with van der Waals surface area (Å²) in [5.41, 5.74) is 0.782. The number of nitrogens with zero attached hydrogens (tertiary/aromatic N) is 1. The quantitative estimate of drug-likeness (QED) is 0.518. The van der Waals surface area contributed by atoms with Crippen LogP contribution in [0.25, 0.3) is 0 Å². The Kier molecular flexibility index (Phi) is 5.00. The zero-order valence-electron chi connectivity index (χ0n) is 12.0. The van der Waals surface area contributed by atoms with Crippen molar-refractivity contribution in [3.63, 3.8) is 0 Å². The summed E-state index contributed by atoms with van der Waals surface area (Å²) < 4.78 is 5.09. The first-order valence-corrected chi connectivity index (χ1v) is 7.55. The van der Waals surface area contributed by atoms with Gasteiger partial charge in [-0.25, -0.2) is 0 Å². The molecule has 0 aliphatic carbocycles.